The van der Waals surface area contributed by atoms with Gasteiger partial charge in [-0.1, -0.05) is 17.7 Å². The van der Waals surface area contributed by atoms with Crippen LogP contribution in [0.25, 0.3) is 11.8 Å². The Labute approximate surface area is 115 Å². The summed E-state index contributed by atoms with van der Waals surface area (Å²) in [5.41, 5.74) is 1.43. The molecule has 0 aliphatic carbocycles. The number of aliphatic carboxylic acids is 1. The molecule has 98 valence electrons. The van der Waals surface area contributed by atoms with Crippen molar-refractivity contribution in [3.8, 4) is 5.69 Å². The van der Waals surface area contributed by atoms with Crippen molar-refractivity contribution in [2.24, 2.45) is 0 Å². The van der Waals surface area contributed by atoms with Crippen LogP contribution in [0.3, 0.4) is 0 Å². The molecule has 5 nitrogen and oxygen atoms in total. The molecule has 0 fully saturated rings. The summed E-state index contributed by atoms with van der Waals surface area (Å²) in [6, 6.07) is 5.24. The van der Waals surface area contributed by atoms with Gasteiger partial charge in [0.05, 0.1) is 10.7 Å². The third-order valence-electron chi connectivity index (χ3n) is 2.49. The van der Waals surface area contributed by atoms with Crippen molar-refractivity contribution in [1.82, 2.24) is 14.8 Å². The molecule has 1 heterocycles. The second-order valence-corrected chi connectivity index (χ2v) is 4.41. The van der Waals surface area contributed by atoms with E-state index >= 15 is 0 Å². The van der Waals surface area contributed by atoms with Gasteiger partial charge in [0.1, 0.15) is 11.6 Å². The molecule has 1 aromatic carbocycles. The van der Waals surface area contributed by atoms with Gasteiger partial charge in [-0.05, 0) is 37.6 Å². The van der Waals surface area contributed by atoms with Crippen LogP contribution in [0.2, 0.25) is 5.02 Å². The van der Waals surface area contributed by atoms with Gasteiger partial charge in [-0.25, -0.2) is 14.5 Å². The first-order chi connectivity index (χ1) is 8.97. The van der Waals surface area contributed by atoms with Crippen LogP contribution in [0.5, 0.6) is 0 Å². The highest BCUT2D eigenvalue weighted by Crippen LogP contribution is 2.23. The van der Waals surface area contributed by atoms with Crippen LogP contribution in [0.4, 0.5) is 0 Å². The summed E-state index contributed by atoms with van der Waals surface area (Å²) in [6.45, 7) is 3.65. The standard InChI is InChI=1S/C13H12ClN3O2/c1-8-15-9(2)17(16-8)12-5-3-10(7-11(12)14)4-6-13(18)19/h3-7H,1-2H3,(H,18,19)/b6-4+. The van der Waals surface area contributed by atoms with Gasteiger partial charge in [-0.3, -0.25) is 0 Å². The quantitative estimate of drug-likeness (QED) is 0.876. The van der Waals surface area contributed by atoms with E-state index in [9.17, 15) is 4.79 Å². The molecule has 0 aliphatic heterocycles. The normalized spacial score (nSPS) is 11.1. The number of hydrogen-bond donors (Lipinski definition) is 1. The number of benzene rings is 1. The third-order valence-corrected chi connectivity index (χ3v) is 2.80. The number of halogens is 1. The first-order valence-corrected chi connectivity index (χ1v) is 5.96. The highest BCUT2D eigenvalue weighted by molar-refractivity contribution is 6.32. The maximum absolute atomic E-state index is 10.5. The maximum Gasteiger partial charge on any atom is 0.328 e. The smallest absolute Gasteiger partial charge is 0.328 e. The van der Waals surface area contributed by atoms with Crippen LogP contribution in [0.15, 0.2) is 24.3 Å². The first-order valence-electron chi connectivity index (χ1n) is 5.58. The summed E-state index contributed by atoms with van der Waals surface area (Å²) in [7, 11) is 0. The summed E-state index contributed by atoms with van der Waals surface area (Å²) in [4.78, 5) is 14.7. The average molecular weight is 278 g/mol. The van der Waals surface area contributed by atoms with Gasteiger partial charge in [0.25, 0.3) is 0 Å². The molecule has 19 heavy (non-hydrogen) atoms. The van der Waals surface area contributed by atoms with Crippen LogP contribution < -0.4 is 0 Å². The predicted molar refractivity (Wildman–Crippen MR) is 72.5 cm³/mol. The number of hydrogen-bond acceptors (Lipinski definition) is 3. The second-order valence-electron chi connectivity index (χ2n) is 4.00. The number of aromatic nitrogens is 3. The molecule has 0 amide bonds. The molecule has 6 heteroatoms. The van der Waals surface area contributed by atoms with E-state index in [4.69, 9.17) is 16.7 Å². The van der Waals surface area contributed by atoms with E-state index in [2.05, 4.69) is 10.1 Å². The average Bonchev–Trinajstić information content (AvgIpc) is 2.66. The topological polar surface area (TPSA) is 68.0 Å². The molecule has 0 aliphatic rings. The Morgan fingerprint density at radius 3 is 2.68 bits per heavy atom. The molecule has 0 radical (unpaired) electrons. The Morgan fingerprint density at radius 1 is 1.42 bits per heavy atom. The summed E-state index contributed by atoms with van der Waals surface area (Å²) in [5.74, 6) is 0.416. The second kappa shape index (κ2) is 5.24. The van der Waals surface area contributed by atoms with Gasteiger partial charge in [0, 0.05) is 6.08 Å². The molecule has 0 bridgehead atoms. The monoisotopic (exact) mass is 277 g/mol. The number of carboxylic acid groups (broad SMARTS) is 1. The largest absolute Gasteiger partial charge is 0.478 e. The molecule has 0 spiro atoms. The lowest BCUT2D eigenvalue weighted by molar-refractivity contribution is -0.131. The summed E-state index contributed by atoms with van der Waals surface area (Å²) in [5, 5.41) is 13.3. The van der Waals surface area contributed by atoms with E-state index in [-0.39, 0.29) is 0 Å². The molecular formula is C13H12ClN3O2. The number of rotatable bonds is 3. The van der Waals surface area contributed by atoms with Crippen molar-refractivity contribution in [3.05, 3.63) is 46.5 Å². The maximum atomic E-state index is 10.5. The molecule has 0 saturated carbocycles. The fourth-order valence-corrected chi connectivity index (χ4v) is 1.98. The molecule has 0 saturated heterocycles. The van der Waals surface area contributed by atoms with Crippen molar-refractivity contribution in [2.45, 2.75) is 13.8 Å². The lowest BCUT2D eigenvalue weighted by Crippen LogP contribution is -2.00. The van der Waals surface area contributed by atoms with Crippen molar-refractivity contribution in [1.29, 1.82) is 0 Å². The highest BCUT2D eigenvalue weighted by Gasteiger charge is 2.09. The van der Waals surface area contributed by atoms with E-state index < -0.39 is 5.97 Å². The number of carboxylic acids is 1. The SMILES string of the molecule is Cc1nc(C)n(-c2ccc(/C=C/C(=O)O)cc2Cl)n1. The number of nitrogens with zero attached hydrogens (tertiary/aromatic N) is 3. The predicted octanol–water partition coefficient (Wildman–Crippen LogP) is 2.64. The molecule has 0 atom stereocenters. The molecule has 1 aromatic heterocycles. The van der Waals surface area contributed by atoms with Gasteiger partial charge in [0.15, 0.2) is 0 Å². The van der Waals surface area contributed by atoms with E-state index in [0.717, 1.165) is 11.9 Å². The zero-order valence-corrected chi connectivity index (χ0v) is 11.2. The Bertz CT molecular complexity index is 662. The van der Waals surface area contributed by atoms with E-state index in [1.807, 2.05) is 6.92 Å². The van der Waals surface area contributed by atoms with Gasteiger partial charge in [0.2, 0.25) is 0 Å². The van der Waals surface area contributed by atoms with Crippen LogP contribution in [-0.4, -0.2) is 25.8 Å². The van der Waals surface area contributed by atoms with Crippen molar-refractivity contribution < 1.29 is 9.90 Å². The summed E-state index contributed by atoms with van der Waals surface area (Å²) < 4.78 is 1.66. The van der Waals surface area contributed by atoms with E-state index in [1.54, 1.807) is 29.8 Å². The number of aryl methyl sites for hydroxylation is 2. The van der Waals surface area contributed by atoms with Crippen molar-refractivity contribution in [3.63, 3.8) is 0 Å². The summed E-state index contributed by atoms with van der Waals surface area (Å²) >= 11 is 6.19. The minimum Gasteiger partial charge on any atom is -0.478 e. The van der Waals surface area contributed by atoms with Crippen LogP contribution in [0.1, 0.15) is 17.2 Å². The van der Waals surface area contributed by atoms with Crippen molar-refractivity contribution >= 4 is 23.6 Å². The molecule has 2 aromatic rings. The Kier molecular flexibility index (Phi) is 3.66. The van der Waals surface area contributed by atoms with Gasteiger partial charge in [-0.2, -0.15) is 5.10 Å². The Balaban J connectivity index is 2.40. The zero-order chi connectivity index (χ0) is 14.0. The Morgan fingerprint density at radius 2 is 2.16 bits per heavy atom. The lowest BCUT2D eigenvalue weighted by Gasteiger charge is -2.06. The van der Waals surface area contributed by atoms with E-state index in [1.165, 1.54) is 6.08 Å². The fraction of sp³-hybridized carbons (Fsp3) is 0.154. The zero-order valence-electron chi connectivity index (χ0n) is 10.5. The first kappa shape index (κ1) is 13.3. The van der Waals surface area contributed by atoms with Crippen LogP contribution in [0, 0.1) is 13.8 Å². The van der Waals surface area contributed by atoms with Crippen LogP contribution >= 0.6 is 11.6 Å². The number of carbonyl (C=O) groups is 1. The summed E-state index contributed by atoms with van der Waals surface area (Å²) in [6.07, 6.45) is 2.55. The van der Waals surface area contributed by atoms with Gasteiger partial charge >= 0.3 is 5.97 Å². The Hall–Kier alpha value is -2.14. The molecule has 1 N–H and O–H groups in total. The van der Waals surface area contributed by atoms with Gasteiger partial charge < -0.3 is 5.11 Å². The minimum atomic E-state index is -0.997. The minimum absolute atomic E-state index is 0.487. The van der Waals surface area contributed by atoms with E-state index in [0.29, 0.717) is 22.1 Å². The molecule has 0 unspecified atom stereocenters. The fourth-order valence-electron chi connectivity index (χ4n) is 1.72. The van der Waals surface area contributed by atoms with Crippen molar-refractivity contribution in [2.75, 3.05) is 0 Å². The molecular weight excluding hydrogens is 266 g/mol. The highest BCUT2D eigenvalue weighted by atomic mass is 35.5. The molecule has 2 rings (SSSR count). The van der Waals surface area contributed by atoms with Crippen LogP contribution in [-0.2, 0) is 4.79 Å². The third kappa shape index (κ3) is 3.00. The lowest BCUT2D eigenvalue weighted by atomic mass is 10.2. The van der Waals surface area contributed by atoms with Gasteiger partial charge in [-0.15, -0.1) is 0 Å².